The van der Waals surface area contributed by atoms with Gasteiger partial charge in [-0.05, 0) is 12.5 Å². The molecule has 10 heavy (non-hydrogen) atoms. The van der Waals surface area contributed by atoms with E-state index in [2.05, 4.69) is 43.8 Å². The van der Waals surface area contributed by atoms with Crippen molar-refractivity contribution < 1.29 is 4.57 Å². The Kier molecular flexibility index (Phi) is 2.05. The molecular formula is C9H14N+. The lowest BCUT2D eigenvalue weighted by atomic mass is 10.1. The number of nitrogens with zero attached hydrogens (tertiary/aromatic N) is 1. The largest absolute Gasteiger partial charge is 0.205 e. The zero-order valence-corrected chi connectivity index (χ0v) is 6.89. The summed E-state index contributed by atoms with van der Waals surface area (Å²) in [6.07, 6.45) is 3.20. The number of aromatic nitrogens is 1. The number of aryl methyl sites for hydroxylation is 2. The van der Waals surface area contributed by atoms with Gasteiger partial charge in [0, 0.05) is 18.6 Å². The van der Waals surface area contributed by atoms with Crippen LogP contribution in [-0.2, 0) is 13.5 Å². The van der Waals surface area contributed by atoms with Crippen LogP contribution in [0.15, 0.2) is 18.3 Å². The Morgan fingerprint density at radius 1 is 1.50 bits per heavy atom. The van der Waals surface area contributed by atoms with Gasteiger partial charge in [-0.15, -0.1) is 0 Å². The molecule has 1 nitrogen and oxygen atoms in total. The van der Waals surface area contributed by atoms with Crippen molar-refractivity contribution in [2.24, 2.45) is 7.05 Å². The maximum Gasteiger partial charge on any atom is 0.181 e. The molecule has 0 saturated carbocycles. The number of hydrogen-bond donors (Lipinski definition) is 0. The Bertz CT molecular complexity index is 228. The summed E-state index contributed by atoms with van der Waals surface area (Å²) in [5, 5.41) is 0. The fraction of sp³-hybridized carbons (Fsp3) is 0.444. The summed E-state index contributed by atoms with van der Waals surface area (Å²) in [5.74, 6) is 0. The molecular weight excluding hydrogens is 122 g/mol. The minimum Gasteiger partial charge on any atom is -0.205 e. The maximum atomic E-state index is 2.18. The molecule has 0 saturated heterocycles. The van der Waals surface area contributed by atoms with Crippen molar-refractivity contribution in [3.05, 3.63) is 29.6 Å². The van der Waals surface area contributed by atoms with Crippen molar-refractivity contribution in [1.82, 2.24) is 0 Å². The molecule has 0 N–H and O–H groups in total. The van der Waals surface area contributed by atoms with Crippen LogP contribution in [0.5, 0.6) is 0 Å². The standard InChI is InChI=1S/C9H14N/c1-4-9-6-5-7-10(3)8(9)2/h5-7H,4H2,1-3H3/q+1. The van der Waals surface area contributed by atoms with Gasteiger partial charge in [0.25, 0.3) is 0 Å². The van der Waals surface area contributed by atoms with Crippen LogP contribution in [-0.4, -0.2) is 0 Å². The minimum atomic E-state index is 1.13. The van der Waals surface area contributed by atoms with Gasteiger partial charge < -0.3 is 0 Å². The van der Waals surface area contributed by atoms with Gasteiger partial charge in [-0.25, -0.2) is 4.57 Å². The van der Waals surface area contributed by atoms with Crippen LogP contribution in [0.2, 0.25) is 0 Å². The minimum absolute atomic E-state index is 1.13. The van der Waals surface area contributed by atoms with E-state index in [1.54, 1.807) is 0 Å². The molecule has 0 aliphatic heterocycles. The predicted octanol–water partition coefficient (Wildman–Crippen LogP) is 1.38. The molecule has 1 aromatic rings. The normalized spacial score (nSPS) is 9.90. The lowest BCUT2D eigenvalue weighted by Gasteiger charge is -1.98. The first-order chi connectivity index (χ1) is 4.75. The SMILES string of the molecule is CCc1ccc[n+](C)c1C. The molecule has 54 valence electrons. The Labute approximate surface area is 62.3 Å². The highest BCUT2D eigenvalue weighted by atomic mass is 14.9. The Hall–Kier alpha value is -0.850. The zero-order chi connectivity index (χ0) is 7.56. The van der Waals surface area contributed by atoms with E-state index in [1.165, 1.54) is 11.3 Å². The van der Waals surface area contributed by atoms with E-state index in [0.717, 1.165) is 6.42 Å². The van der Waals surface area contributed by atoms with Crippen molar-refractivity contribution in [3.8, 4) is 0 Å². The molecule has 1 heterocycles. The van der Waals surface area contributed by atoms with Crippen LogP contribution >= 0.6 is 0 Å². The van der Waals surface area contributed by atoms with E-state index in [0.29, 0.717) is 0 Å². The summed E-state index contributed by atoms with van der Waals surface area (Å²) < 4.78 is 2.15. The third-order valence-corrected chi connectivity index (χ3v) is 1.98. The quantitative estimate of drug-likeness (QED) is 0.513. The molecule has 0 spiro atoms. The second kappa shape index (κ2) is 2.82. The first kappa shape index (κ1) is 7.26. The van der Waals surface area contributed by atoms with Gasteiger partial charge >= 0.3 is 0 Å². The first-order valence-corrected chi connectivity index (χ1v) is 3.70. The highest BCUT2D eigenvalue weighted by molar-refractivity contribution is 5.13. The van der Waals surface area contributed by atoms with E-state index >= 15 is 0 Å². The molecule has 0 aromatic carbocycles. The van der Waals surface area contributed by atoms with Gasteiger partial charge in [0.2, 0.25) is 0 Å². The predicted molar refractivity (Wildman–Crippen MR) is 41.7 cm³/mol. The molecule has 1 aromatic heterocycles. The highest BCUT2D eigenvalue weighted by Gasteiger charge is 2.03. The van der Waals surface area contributed by atoms with E-state index < -0.39 is 0 Å². The monoisotopic (exact) mass is 136 g/mol. The Morgan fingerprint density at radius 3 is 2.70 bits per heavy atom. The smallest absolute Gasteiger partial charge is 0.181 e. The maximum absolute atomic E-state index is 2.18. The van der Waals surface area contributed by atoms with E-state index in [4.69, 9.17) is 0 Å². The summed E-state index contributed by atoms with van der Waals surface area (Å²) >= 11 is 0. The molecule has 0 aliphatic carbocycles. The van der Waals surface area contributed by atoms with Gasteiger partial charge in [-0.1, -0.05) is 6.92 Å². The van der Waals surface area contributed by atoms with Crippen LogP contribution in [0, 0.1) is 6.92 Å². The van der Waals surface area contributed by atoms with Crippen molar-refractivity contribution in [2.45, 2.75) is 20.3 Å². The second-order valence-electron chi connectivity index (χ2n) is 2.58. The summed E-state index contributed by atoms with van der Waals surface area (Å²) in [7, 11) is 2.08. The highest BCUT2D eigenvalue weighted by Crippen LogP contribution is 2.00. The van der Waals surface area contributed by atoms with Gasteiger partial charge in [-0.2, -0.15) is 0 Å². The van der Waals surface area contributed by atoms with Gasteiger partial charge in [0.15, 0.2) is 11.9 Å². The summed E-state index contributed by atoms with van der Waals surface area (Å²) in [4.78, 5) is 0. The van der Waals surface area contributed by atoms with E-state index in [1.807, 2.05) is 0 Å². The fourth-order valence-corrected chi connectivity index (χ4v) is 1.12. The topological polar surface area (TPSA) is 3.88 Å². The summed E-state index contributed by atoms with van der Waals surface area (Å²) in [6.45, 7) is 4.33. The third kappa shape index (κ3) is 1.18. The number of rotatable bonds is 1. The molecule has 0 radical (unpaired) electrons. The van der Waals surface area contributed by atoms with Gasteiger partial charge in [0.1, 0.15) is 7.05 Å². The fourth-order valence-electron chi connectivity index (χ4n) is 1.12. The van der Waals surface area contributed by atoms with E-state index in [9.17, 15) is 0 Å². The molecule has 0 unspecified atom stereocenters. The molecule has 0 amide bonds. The van der Waals surface area contributed by atoms with Crippen LogP contribution in [0.25, 0.3) is 0 Å². The third-order valence-electron chi connectivity index (χ3n) is 1.98. The van der Waals surface area contributed by atoms with Gasteiger partial charge in [-0.3, -0.25) is 0 Å². The lowest BCUT2D eigenvalue weighted by molar-refractivity contribution is -0.678. The van der Waals surface area contributed by atoms with Crippen molar-refractivity contribution in [1.29, 1.82) is 0 Å². The molecule has 0 atom stereocenters. The average molecular weight is 136 g/mol. The van der Waals surface area contributed by atoms with Crippen LogP contribution in [0.4, 0.5) is 0 Å². The second-order valence-corrected chi connectivity index (χ2v) is 2.58. The number of hydrogen-bond acceptors (Lipinski definition) is 0. The van der Waals surface area contributed by atoms with Crippen LogP contribution in [0.3, 0.4) is 0 Å². The van der Waals surface area contributed by atoms with Crippen LogP contribution in [0.1, 0.15) is 18.2 Å². The van der Waals surface area contributed by atoms with Crippen molar-refractivity contribution in [2.75, 3.05) is 0 Å². The molecule has 0 bridgehead atoms. The molecule has 0 fully saturated rings. The Morgan fingerprint density at radius 2 is 2.20 bits per heavy atom. The molecule has 1 heteroatoms. The first-order valence-electron chi connectivity index (χ1n) is 3.70. The van der Waals surface area contributed by atoms with E-state index in [-0.39, 0.29) is 0 Å². The number of pyridine rings is 1. The van der Waals surface area contributed by atoms with Gasteiger partial charge in [0.05, 0.1) is 0 Å². The summed E-state index contributed by atoms with van der Waals surface area (Å²) in [5.41, 5.74) is 2.80. The molecule has 0 aliphatic rings. The Balaban J connectivity index is 3.14. The van der Waals surface area contributed by atoms with Crippen LogP contribution < -0.4 is 4.57 Å². The average Bonchev–Trinajstić information content (AvgIpc) is 1.95. The van der Waals surface area contributed by atoms with Crippen molar-refractivity contribution >= 4 is 0 Å². The van der Waals surface area contributed by atoms with Crippen molar-refractivity contribution in [3.63, 3.8) is 0 Å². The molecule has 1 rings (SSSR count). The zero-order valence-electron chi connectivity index (χ0n) is 6.89. The lowest BCUT2D eigenvalue weighted by Crippen LogP contribution is -2.32. The summed E-state index contributed by atoms with van der Waals surface area (Å²) in [6, 6.07) is 4.27.